The van der Waals surface area contributed by atoms with Gasteiger partial charge in [0.15, 0.2) is 0 Å². The molecule has 0 saturated carbocycles. The van der Waals surface area contributed by atoms with E-state index in [1.165, 1.54) is 44.3 Å². The molecule has 86 valence electrons. The fourth-order valence-corrected chi connectivity index (χ4v) is 2.32. The second kappa shape index (κ2) is 5.80. The summed E-state index contributed by atoms with van der Waals surface area (Å²) in [6.07, 6.45) is 6.28. The number of aldehydes is 1. The first-order chi connectivity index (χ1) is 7.88. The van der Waals surface area contributed by atoms with Gasteiger partial charge in [-0.1, -0.05) is 31.0 Å². The molecule has 0 radical (unpaired) electrons. The summed E-state index contributed by atoms with van der Waals surface area (Å²) in [5.41, 5.74) is 2.04. The van der Waals surface area contributed by atoms with Gasteiger partial charge in [-0.15, -0.1) is 0 Å². The van der Waals surface area contributed by atoms with Crippen molar-refractivity contribution in [3.8, 4) is 0 Å². The molecule has 1 aromatic rings. The number of likely N-dealkylation sites (tertiary alicyclic amines) is 1. The average Bonchev–Trinajstić information content (AvgIpc) is 2.58. The zero-order chi connectivity index (χ0) is 11.2. The van der Waals surface area contributed by atoms with Crippen molar-refractivity contribution in [2.45, 2.75) is 32.2 Å². The Labute approximate surface area is 97.3 Å². The lowest BCUT2D eigenvalue weighted by molar-refractivity contribution is 0.112. The molecule has 0 spiro atoms. The fraction of sp³-hybridized carbons (Fsp3) is 0.500. The van der Waals surface area contributed by atoms with Crippen LogP contribution in [0.1, 0.15) is 41.6 Å². The molecule has 0 unspecified atom stereocenters. The average molecular weight is 217 g/mol. The van der Waals surface area contributed by atoms with Crippen molar-refractivity contribution in [3.05, 3.63) is 35.4 Å². The maximum atomic E-state index is 10.7. The standard InChI is InChI=1S/C14H19NO/c16-12-14-7-5-6-13(10-14)11-15-8-3-1-2-4-9-15/h5-7,10,12H,1-4,8-9,11H2. The molecule has 1 aromatic carbocycles. The largest absolute Gasteiger partial charge is 0.299 e. The lowest BCUT2D eigenvalue weighted by atomic mass is 10.1. The van der Waals surface area contributed by atoms with Crippen LogP contribution in [0.3, 0.4) is 0 Å². The Morgan fingerprint density at radius 3 is 2.56 bits per heavy atom. The molecule has 1 aliphatic rings. The molecular weight excluding hydrogens is 198 g/mol. The summed E-state index contributed by atoms with van der Waals surface area (Å²) in [4.78, 5) is 13.2. The highest BCUT2D eigenvalue weighted by Gasteiger charge is 2.09. The first-order valence-electron chi connectivity index (χ1n) is 6.15. The minimum atomic E-state index is 0.785. The number of rotatable bonds is 3. The van der Waals surface area contributed by atoms with Gasteiger partial charge < -0.3 is 0 Å². The summed E-state index contributed by atoms with van der Waals surface area (Å²) in [6, 6.07) is 7.94. The van der Waals surface area contributed by atoms with E-state index in [0.29, 0.717) is 0 Å². The smallest absolute Gasteiger partial charge is 0.150 e. The van der Waals surface area contributed by atoms with Crippen molar-refractivity contribution in [2.24, 2.45) is 0 Å². The number of carbonyl (C=O) groups excluding carboxylic acids is 1. The van der Waals surface area contributed by atoms with Crippen LogP contribution in [-0.4, -0.2) is 24.3 Å². The molecule has 0 atom stereocenters. The molecule has 1 aliphatic heterocycles. The van der Waals surface area contributed by atoms with E-state index < -0.39 is 0 Å². The summed E-state index contributed by atoms with van der Waals surface area (Å²) in [7, 11) is 0. The lowest BCUT2D eigenvalue weighted by Gasteiger charge is -2.19. The Morgan fingerprint density at radius 2 is 1.88 bits per heavy atom. The topological polar surface area (TPSA) is 20.3 Å². The van der Waals surface area contributed by atoms with Gasteiger partial charge in [0.2, 0.25) is 0 Å². The molecule has 1 saturated heterocycles. The predicted octanol–water partition coefficient (Wildman–Crippen LogP) is 2.88. The third-order valence-corrected chi connectivity index (χ3v) is 3.19. The fourth-order valence-electron chi connectivity index (χ4n) is 2.32. The van der Waals surface area contributed by atoms with Crippen LogP contribution in [0.2, 0.25) is 0 Å². The second-order valence-corrected chi connectivity index (χ2v) is 4.55. The molecule has 1 heterocycles. The van der Waals surface area contributed by atoms with Gasteiger partial charge in [0, 0.05) is 12.1 Å². The van der Waals surface area contributed by atoms with Crippen LogP contribution in [-0.2, 0) is 6.54 Å². The van der Waals surface area contributed by atoms with Crippen molar-refractivity contribution in [2.75, 3.05) is 13.1 Å². The molecule has 0 aliphatic carbocycles. The zero-order valence-electron chi connectivity index (χ0n) is 9.69. The number of benzene rings is 1. The van der Waals surface area contributed by atoms with Gasteiger partial charge in [-0.05, 0) is 37.6 Å². The van der Waals surface area contributed by atoms with Gasteiger partial charge >= 0.3 is 0 Å². The third kappa shape index (κ3) is 3.17. The monoisotopic (exact) mass is 217 g/mol. The quantitative estimate of drug-likeness (QED) is 0.726. The molecule has 0 N–H and O–H groups in total. The van der Waals surface area contributed by atoms with E-state index in [9.17, 15) is 4.79 Å². The molecule has 1 fully saturated rings. The molecule has 2 rings (SSSR count). The van der Waals surface area contributed by atoms with Crippen LogP contribution < -0.4 is 0 Å². The first-order valence-corrected chi connectivity index (χ1v) is 6.15. The third-order valence-electron chi connectivity index (χ3n) is 3.19. The summed E-state index contributed by atoms with van der Waals surface area (Å²) >= 11 is 0. The van der Waals surface area contributed by atoms with Gasteiger partial charge in [-0.2, -0.15) is 0 Å². The van der Waals surface area contributed by atoms with E-state index in [0.717, 1.165) is 18.4 Å². The SMILES string of the molecule is O=Cc1cccc(CN2CCCCCC2)c1. The molecule has 0 aromatic heterocycles. The van der Waals surface area contributed by atoms with Gasteiger partial charge in [0.1, 0.15) is 6.29 Å². The minimum Gasteiger partial charge on any atom is -0.299 e. The Kier molecular flexibility index (Phi) is 4.11. The predicted molar refractivity (Wildman–Crippen MR) is 65.6 cm³/mol. The van der Waals surface area contributed by atoms with Crippen molar-refractivity contribution in [3.63, 3.8) is 0 Å². The minimum absolute atomic E-state index is 0.785. The summed E-state index contributed by atoms with van der Waals surface area (Å²) in [5, 5.41) is 0. The van der Waals surface area contributed by atoms with Crippen molar-refractivity contribution in [1.29, 1.82) is 0 Å². The molecule has 2 heteroatoms. The Balaban J connectivity index is 1.98. The van der Waals surface area contributed by atoms with Gasteiger partial charge in [-0.3, -0.25) is 9.69 Å². The maximum Gasteiger partial charge on any atom is 0.150 e. The van der Waals surface area contributed by atoms with Crippen LogP contribution in [0.25, 0.3) is 0 Å². The van der Waals surface area contributed by atoms with E-state index in [4.69, 9.17) is 0 Å². The van der Waals surface area contributed by atoms with E-state index in [1.54, 1.807) is 0 Å². The number of nitrogens with zero attached hydrogens (tertiary/aromatic N) is 1. The van der Waals surface area contributed by atoms with Crippen LogP contribution in [0.15, 0.2) is 24.3 Å². The van der Waals surface area contributed by atoms with Crippen molar-refractivity contribution < 1.29 is 4.79 Å². The van der Waals surface area contributed by atoms with E-state index >= 15 is 0 Å². The Bertz CT molecular complexity index is 340. The maximum absolute atomic E-state index is 10.7. The van der Waals surface area contributed by atoms with E-state index in [1.807, 2.05) is 18.2 Å². The number of hydrogen-bond donors (Lipinski definition) is 0. The summed E-state index contributed by atoms with van der Waals surface area (Å²) in [6.45, 7) is 3.39. The van der Waals surface area contributed by atoms with E-state index in [2.05, 4.69) is 11.0 Å². The van der Waals surface area contributed by atoms with Crippen molar-refractivity contribution >= 4 is 6.29 Å². The summed E-state index contributed by atoms with van der Waals surface area (Å²) in [5.74, 6) is 0. The Morgan fingerprint density at radius 1 is 1.12 bits per heavy atom. The van der Waals surface area contributed by atoms with Crippen LogP contribution in [0.4, 0.5) is 0 Å². The molecule has 0 bridgehead atoms. The van der Waals surface area contributed by atoms with Gasteiger partial charge in [-0.25, -0.2) is 0 Å². The highest BCUT2D eigenvalue weighted by Crippen LogP contribution is 2.13. The number of carbonyl (C=O) groups is 1. The lowest BCUT2D eigenvalue weighted by Crippen LogP contribution is -2.23. The molecule has 2 nitrogen and oxygen atoms in total. The zero-order valence-corrected chi connectivity index (χ0v) is 9.69. The molecule has 16 heavy (non-hydrogen) atoms. The molecule has 0 amide bonds. The normalized spacial score (nSPS) is 18.0. The van der Waals surface area contributed by atoms with E-state index in [-0.39, 0.29) is 0 Å². The van der Waals surface area contributed by atoms with Gasteiger partial charge in [0.05, 0.1) is 0 Å². The molecular formula is C14H19NO. The van der Waals surface area contributed by atoms with Crippen LogP contribution in [0, 0.1) is 0 Å². The highest BCUT2D eigenvalue weighted by molar-refractivity contribution is 5.74. The number of hydrogen-bond acceptors (Lipinski definition) is 2. The Hall–Kier alpha value is -1.15. The van der Waals surface area contributed by atoms with Gasteiger partial charge in [0.25, 0.3) is 0 Å². The second-order valence-electron chi connectivity index (χ2n) is 4.55. The first kappa shape index (κ1) is 11.3. The van der Waals surface area contributed by atoms with Crippen LogP contribution in [0.5, 0.6) is 0 Å². The van der Waals surface area contributed by atoms with Crippen LogP contribution >= 0.6 is 0 Å². The highest BCUT2D eigenvalue weighted by atomic mass is 16.1. The summed E-state index contributed by atoms with van der Waals surface area (Å²) < 4.78 is 0. The van der Waals surface area contributed by atoms with Crippen molar-refractivity contribution in [1.82, 2.24) is 4.90 Å².